The molecule has 0 radical (unpaired) electrons. The van der Waals surface area contributed by atoms with E-state index in [9.17, 15) is 18.9 Å². The van der Waals surface area contributed by atoms with Gasteiger partial charge >= 0.3 is 0 Å². The van der Waals surface area contributed by atoms with E-state index in [-0.39, 0.29) is 11.6 Å². The highest BCUT2D eigenvalue weighted by Gasteiger charge is 2.27. The van der Waals surface area contributed by atoms with Crippen molar-refractivity contribution in [1.82, 2.24) is 23.9 Å². The molecule has 2 fully saturated rings. The second-order valence-corrected chi connectivity index (χ2v) is 10.8. The van der Waals surface area contributed by atoms with Crippen LogP contribution in [0.15, 0.2) is 18.3 Å². The number of hydrogen-bond acceptors (Lipinski definition) is 10. The van der Waals surface area contributed by atoms with E-state index in [1.165, 1.54) is 21.3 Å². The zero-order valence-corrected chi connectivity index (χ0v) is 20.3. The second-order valence-electron chi connectivity index (χ2n) is 8.44. The van der Waals surface area contributed by atoms with Crippen LogP contribution in [0.4, 0.5) is 23.1 Å². The molecule has 3 aromatic rings. The Kier molecular flexibility index (Phi) is 5.84. The van der Waals surface area contributed by atoms with E-state index in [4.69, 9.17) is 11.6 Å². The van der Waals surface area contributed by atoms with Crippen LogP contribution in [0, 0.1) is 22.7 Å². The third-order valence-corrected chi connectivity index (χ3v) is 7.57. The molecule has 12 nitrogen and oxygen atoms in total. The summed E-state index contributed by atoms with van der Waals surface area (Å²) in [5, 5.41) is 30.2. The van der Waals surface area contributed by atoms with Crippen LogP contribution in [0.25, 0.3) is 5.65 Å². The topological polar surface area (TPSA) is 155 Å². The quantitative estimate of drug-likeness (QED) is 0.500. The van der Waals surface area contributed by atoms with Gasteiger partial charge in [0.25, 0.3) is 0 Å². The van der Waals surface area contributed by atoms with E-state index in [1.807, 2.05) is 4.90 Å². The molecule has 3 heterocycles. The zero-order chi connectivity index (χ0) is 24.7. The molecule has 0 bridgehead atoms. The predicted molar refractivity (Wildman–Crippen MR) is 130 cm³/mol. The van der Waals surface area contributed by atoms with Crippen LogP contribution in [-0.4, -0.2) is 70.8 Å². The number of nitrogens with one attached hydrogen (secondary N) is 2. The summed E-state index contributed by atoms with van der Waals surface area (Å²) in [5.41, 5.74) is 2.10. The molecule has 1 saturated heterocycles. The van der Waals surface area contributed by atoms with Gasteiger partial charge in [0.1, 0.15) is 6.07 Å². The average molecular weight is 513 g/mol. The van der Waals surface area contributed by atoms with Crippen molar-refractivity contribution in [3.63, 3.8) is 0 Å². The van der Waals surface area contributed by atoms with Crippen LogP contribution >= 0.6 is 11.6 Å². The Labute approximate surface area is 206 Å². The van der Waals surface area contributed by atoms with E-state index < -0.39 is 10.0 Å². The Hall–Kier alpha value is -3.65. The molecule has 0 amide bonds. The highest BCUT2D eigenvalue weighted by Crippen LogP contribution is 2.36. The maximum Gasteiger partial charge on any atom is 0.247 e. The van der Waals surface area contributed by atoms with Crippen molar-refractivity contribution in [3.8, 4) is 12.1 Å². The number of sulfonamides is 1. The maximum absolute atomic E-state index is 11.9. The first kappa shape index (κ1) is 23.1. The van der Waals surface area contributed by atoms with E-state index in [0.29, 0.717) is 65.6 Å². The number of benzene rings is 1. The van der Waals surface area contributed by atoms with Crippen LogP contribution in [0.5, 0.6) is 0 Å². The lowest BCUT2D eigenvalue weighted by atomic mass is 10.1. The predicted octanol–water partition coefficient (Wildman–Crippen LogP) is 1.92. The van der Waals surface area contributed by atoms with Crippen molar-refractivity contribution in [3.05, 3.63) is 34.6 Å². The van der Waals surface area contributed by atoms with Gasteiger partial charge in [0.2, 0.25) is 16.0 Å². The maximum atomic E-state index is 11.9. The average Bonchev–Trinajstić information content (AvgIpc) is 3.56. The smallest absolute Gasteiger partial charge is 0.247 e. The number of halogens is 1. The number of rotatable bonds is 6. The Morgan fingerprint density at radius 1 is 1.14 bits per heavy atom. The number of piperazine rings is 1. The van der Waals surface area contributed by atoms with Gasteiger partial charge in [-0.25, -0.2) is 13.4 Å². The van der Waals surface area contributed by atoms with Crippen molar-refractivity contribution in [2.24, 2.45) is 0 Å². The summed E-state index contributed by atoms with van der Waals surface area (Å²) >= 11 is 6.75. The third kappa shape index (κ3) is 4.66. The van der Waals surface area contributed by atoms with E-state index in [1.54, 1.807) is 12.1 Å². The third-order valence-electron chi connectivity index (χ3n) is 5.87. The number of hydrogen-bond donors (Lipinski definition) is 2. The fourth-order valence-corrected chi connectivity index (χ4v) is 5.01. The lowest BCUT2D eigenvalue weighted by Crippen LogP contribution is -2.48. The molecule has 2 aromatic heterocycles. The summed E-state index contributed by atoms with van der Waals surface area (Å²) < 4.78 is 26.5. The molecule has 180 valence electrons. The summed E-state index contributed by atoms with van der Waals surface area (Å²) in [6, 6.07) is 7.78. The second kappa shape index (κ2) is 8.85. The van der Waals surface area contributed by atoms with Crippen molar-refractivity contribution in [2.75, 3.05) is 48.0 Å². The fraction of sp³-hybridized carbons (Fsp3) is 0.381. The minimum atomic E-state index is -3.27. The van der Waals surface area contributed by atoms with E-state index >= 15 is 0 Å². The summed E-state index contributed by atoms with van der Waals surface area (Å²) in [7, 11) is -3.27. The molecule has 35 heavy (non-hydrogen) atoms. The van der Waals surface area contributed by atoms with Gasteiger partial charge in [0.15, 0.2) is 17.2 Å². The molecule has 0 unspecified atom stereocenters. The van der Waals surface area contributed by atoms with Gasteiger partial charge < -0.3 is 15.5 Å². The van der Waals surface area contributed by atoms with Crippen molar-refractivity contribution in [1.29, 1.82) is 10.5 Å². The molecule has 5 rings (SSSR count). The van der Waals surface area contributed by atoms with Crippen LogP contribution in [0.2, 0.25) is 5.02 Å². The number of fused-ring (bicyclic) bond motifs is 1. The van der Waals surface area contributed by atoms with Crippen LogP contribution in [0.3, 0.4) is 0 Å². The first-order chi connectivity index (χ1) is 16.8. The molecule has 2 aliphatic rings. The molecule has 1 aliphatic heterocycles. The Morgan fingerprint density at radius 2 is 1.89 bits per heavy atom. The largest absolute Gasteiger partial charge is 0.368 e. The van der Waals surface area contributed by atoms with Crippen molar-refractivity contribution >= 4 is 50.4 Å². The molecule has 1 aliphatic carbocycles. The lowest BCUT2D eigenvalue weighted by Gasteiger charge is -2.35. The van der Waals surface area contributed by atoms with Gasteiger partial charge in [-0.1, -0.05) is 11.6 Å². The minimum absolute atomic E-state index is 0.181. The fourth-order valence-electron chi connectivity index (χ4n) is 3.90. The highest BCUT2D eigenvalue weighted by molar-refractivity contribution is 7.88. The summed E-state index contributed by atoms with van der Waals surface area (Å²) in [4.78, 5) is 10.8. The molecular formula is C21H21ClN10O2S. The highest BCUT2D eigenvalue weighted by atomic mass is 35.5. The van der Waals surface area contributed by atoms with Crippen molar-refractivity contribution in [2.45, 2.75) is 18.9 Å². The van der Waals surface area contributed by atoms with Gasteiger partial charge in [-0.15, -0.1) is 5.10 Å². The first-order valence-corrected chi connectivity index (χ1v) is 13.1. The van der Waals surface area contributed by atoms with Crippen LogP contribution in [0.1, 0.15) is 24.1 Å². The molecule has 0 atom stereocenters. The lowest BCUT2D eigenvalue weighted by molar-refractivity contribution is 0.388. The molecule has 1 saturated carbocycles. The number of imidazole rings is 1. The Morgan fingerprint density at radius 3 is 2.51 bits per heavy atom. The zero-order valence-electron chi connectivity index (χ0n) is 18.7. The van der Waals surface area contributed by atoms with Gasteiger partial charge in [0.05, 0.1) is 40.5 Å². The van der Waals surface area contributed by atoms with Crippen LogP contribution in [-0.2, 0) is 10.0 Å². The molecular weight excluding hydrogens is 492 g/mol. The van der Waals surface area contributed by atoms with Crippen LogP contribution < -0.4 is 15.5 Å². The normalized spacial score (nSPS) is 16.6. The molecule has 14 heteroatoms. The summed E-state index contributed by atoms with van der Waals surface area (Å²) in [6.45, 7) is 1.50. The number of nitrogens with zero attached hydrogens (tertiary/aromatic N) is 8. The minimum Gasteiger partial charge on any atom is -0.368 e. The molecule has 0 spiro atoms. The number of nitriles is 2. The number of anilines is 4. The molecule has 2 N–H and O–H groups in total. The van der Waals surface area contributed by atoms with E-state index in [2.05, 4.69) is 37.8 Å². The standard InChI is InChI=1S/C21H21ClN10O2S/c1-35(33,34)31-6-4-30(5-7-31)17-9-13(10-23)8-16(18(17)22)27-21-28-19(26-14-2-3-14)20-25-12-15(11-24)32(20)29-21/h8-9,12,14H,2-7H2,1H3,(H2,26,27,28,29). The van der Waals surface area contributed by atoms with Gasteiger partial charge in [0, 0.05) is 32.2 Å². The molecule has 1 aromatic carbocycles. The monoisotopic (exact) mass is 512 g/mol. The SMILES string of the molecule is CS(=O)(=O)N1CCN(c2cc(C#N)cc(Nc3nc(NC4CC4)c4ncc(C#N)n4n3)c2Cl)CC1. The van der Waals surface area contributed by atoms with Gasteiger partial charge in [-0.2, -0.15) is 24.3 Å². The first-order valence-electron chi connectivity index (χ1n) is 10.9. The van der Waals surface area contributed by atoms with Crippen molar-refractivity contribution < 1.29 is 8.42 Å². The van der Waals surface area contributed by atoms with Gasteiger partial charge in [-0.05, 0) is 25.0 Å². The Bertz CT molecular complexity index is 1500. The number of aromatic nitrogens is 4. The van der Waals surface area contributed by atoms with E-state index in [0.717, 1.165) is 12.8 Å². The summed E-state index contributed by atoms with van der Waals surface area (Å²) in [5.74, 6) is 0.677. The summed E-state index contributed by atoms with van der Waals surface area (Å²) in [6.07, 6.45) is 4.67. The Balaban J connectivity index is 1.49. The van der Waals surface area contributed by atoms with Gasteiger partial charge in [-0.3, -0.25) is 0 Å².